The van der Waals surface area contributed by atoms with Gasteiger partial charge >= 0.3 is 0 Å². The number of fused-ring (bicyclic) bond motifs is 1. The summed E-state index contributed by atoms with van der Waals surface area (Å²) in [6.45, 7) is 0. The van der Waals surface area contributed by atoms with Gasteiger partial charge in [0.2, 0.25) is 5.95 Å². The first-order chi connectivity index (χ1) is 17.2. The second-order valence-electron chi connectivity index (χ2n) is 8.43. The van der Waals surface area contributed by atoms with E-state index in [1.165, 1.54) is 0 Å². The van der Waals surface area contributed by atoms with Crippen LogP contribution in [0.5, 0.6) is 0 Å². The van der Waals surface area contributed by atoms with Gasteiger partial charge in [0, 0.05) is 26.9 Å². The van der Waals surface area contributed by atoms with Crippen LogP contribution in [0.3, 0.4) is 0 Å². The Morgan fingerprint density at radius 3 is 2.26 bits per heavy atom. The van der Waals surface area contributed by atoms with Crippen LogP contribution < -0.4 is 5.01 Å². The number of hydrogen-bond donors (Lipinski definition) is 0. The second kappa shape index (κ2) is 9.25. The van der Waals surface area contributed by atoms with Gasteiger partial charge in [-0.2, -0.15) is 5.10 Å². The van der Waals surface area contributed by atoms with Crippen molar-refractivity contribution in [3.05, 3.63) is 124 Å². The summed E-state index contributed by atoms with van der Waals surface area (Å²) in [7, 11) is 0. The quantitative estimate of drug-likeness (QED) is 0.232. The van der Waals surface area contributed by atoms with E-state index in [-0.39, 0.29) is 6.04 Å². The predicted octanol–water partition coefficient (Wildman–Crippen LogP) is 8.07. The first-order valence-corrected chi connectivity index (χ1v) is 12.5. The van der Waals surface area contributed by atoms with Crippen molar-refractivity contribution in [1.82, 2.24) is 9.97 Å². The highest BCUT2D eigenvalue weighted by atomic mass is 79.9. The van der Waals surface area contributed by atoms with Gasteiger partial charge in [-0.3, -0.25) is 0 Å². The molecule has 1 aliphatic rings. The van der Waals surface area contributed by atoms with Crippen LogP contribution in [0.2, 0.25) is 5.02 Å². The first-order valence-electron chi connectivity index (χ1n) is 11.4. The van der Waals surface area contributed by atoms with Gasteiger partial charge in [-0.15, -0.1) is 0 Å². The van der Waals surface area contributed by atoms with Crippen LogP contribution in [-0.4, -0.2) is 15.7 Å². The molecule has 0 spiro atoms. The van der Waals surface area contributed by atoms with Crippen molar-refractivity contribution >= 4 is 50.1 Å². The minimum Gasteiger partial charge on any atom is -0.223 e. The number of benzene rings is 4. The van der Waals surface area contributed by atoms with Gasteiger partial charge in [-0.05, 0) is 41.5 Å². The van der Waals surface area contributed by atoms with Gasteiger partial charge in [0.25, 0.3) is 0 Å². The zero-order valence-corrected chi connectivity index (χ0v) is 21.0. The number of nitrogens with zero attached hydrogens (tertiary/aromatic N) is 4. The Balaban J connectivity index is 1.55. The normalized spacial score (nSPS) is 15.4. The lowest BCUT2D eigenvalue weighted by molar-refractivity contribution is 0.688. The predicted molar refractivity (Wildman–Crippen MR) is 147 cm³/mol. The largest absolute Gasteiger partial charge is 0.247 e. The van der Waals surface area contributed by atoms with Crippen molar-refractivity contribution in [3.63, 3.8) is 0 Å². The van der Waals surface area contributed by atoms with Crippen LogP contribution in [0.1, 0.15) is 23.6 Å². The number of aromatic nitrogens is 2. The van der Waals surface area contributed by atoms with Gasteiger partial charge in [-0.1, -0.05) is 100 Å². The number of hydrazone groups is 1. The highest BCUT2D eigenvalue weighted by Crippen LogP contribution is 2.38. The smallest absolute Gasteiger partial charge is 0.223 e. The molecule has 0 unspecified atom stereocenters. The van der Waals surface area contributed by atoms with E-state index in [1.807, 2.05) is 65.7 Å². The summed E-state index contributed by atoms with van der Waals surface area (Å²) in [5, 5.41) is 8.59. The molecule has 0 saturated carbocycles. The number of hydrogen-bond acceptors (Lipinski definition) is 4. The topological polar surface area (TPSA) is 41.4 Å². The minimum atomic E-state index is -0.0314. The lowest BCUT2D eigenvalue weighted by atomic mass is 9.98. The van der Waals surface area contributed by atoms with Gasteiger partial charge in [0.15, 0.2) is 0 Å². The zero-order chi connectivity index (χ0) is 23.8. The van der Waals surface area contributed by atoms with Crippen molar-refractivity contribution in [2.24, 2.45) is 5.10 Å². The van der Waals surface area contributed by atoms with Gasteiger partial charge in [-0.25, -0.2) is 15.0 Å². The average Bonchev–Trinajstić information content (AvgIpc) is 3.35. The van der Waals surface area contributed by atoms with Crippen molar-refractivity contribution in [3.8, 4) is 11.3 Å². The standard InChI is InChI=1S/C29H20BrClN4/c30-22-13-7-12-21(16-22)27-18-26(19-8-3-1-4-9-19)34-35(27)29-32-25-15-14-23(31)17-24(25)28(33-29)20-10-5-2-6-11-20/h1-17,27H,18H2/t27-/m1/s1. The van der Waals surface area contributed by atoms with Crippen molar-refractivity contribution in [1.29, 1.82) is 0 Å². The third-order valence-electron chi connectivity index (χ3n) is 6.15. The van der Waals surface area contributed by atoms with Crippen molar-refractivity contribution < 1.29 is 0 Å². The van der Waals surface area contributed by atoms with E-state index in [0.29, 0.717) is 11.0 Å². The summed E-state index contributed by atoms with van der Waals surface area (Å²) in [6.07, 6.45) is 0.753. The fraction of sp³-hybridized carbons (Fsp3) is 0.0690. The van der Waals surface area contributed by atoms with Crippen LogP contribution in [0.15, 0.2) is 113 Å². The first kappa shape index (κ1) is 22.0. The van der Waals surface area contributed by atoms with Crippen LogP contribution in [-0.2, 0) is 0 Å². The summed E-state index contributed by atoms with van der Waals surface area (Å²) in [6, 6.07) is 34.5. The summed E-state index contributed by atoms with van der Waals surface area (Å²) >= 11 is 9.98. The minimum absolute atomic E-state index is 0.0314. The molecule has 1 aliphatic heterocycles. The summed E-state index contributed by atoms with van der Waals surface area (Å²) in [4.78, 5) is 10.0. The fourth-order valence-corrected chi connectivity index (χ4v) is 5.07. The summed E-state index contributed by atoms with van der Waals surface area (Å²) < 4.78 is 1.03. The second-order valence-corrected chi connectivity index (χ2v) is 9.78. The van der Waals surface area contributed by atoms with E-state index in [4.69, 9.17) is 26.7 Å². The van der Waals surface area contributed by atoms with Gasteiger partial charge in [0.05, 0.1) is 23.0 Å². The van der Waals surface area contributed by atoms with Crippen molar-refractivity contribution in [2.75, 3.05) is 5.01 Å². The maximum absolute atomic E-state index is 6.36. The molecule has 170 valence electrons. The van der Waals surface area contributed by atoms with Gasteiger partial charge in [0.1, 0.15) is 0 Å². The Hall–Kier alpha value is -3.54. The molecule has 0 saturated heterocycles. The lowest BCUT2D eigenvalue weighted by Gasteiger charge is -2.23. The van der Waals surface area contributed by atoms with Crippen LogP contribution in [0.4, 0.5) is 5.95 Å². The van der Waals surface area contributed by atoms with Crippen molar-refractivity contribution in [2.45, 2.75) is 12.5 Å². The third kappa shape index (κ3) is 4.33. The average molecular weight is 540 g/mol. The Morgan fingerprint density at radius 1 is 0.771 bits per heavy atom. The zero-order valence-electron chi connectivity index (χ0n) is 18.6. The molecule has 0 bridgehead atoms. The lowest BCUT2D eigenvalue weighted by Crippen LogP contribution is -2.21. The summed E-state index contributed by atoms with van der Waals surface area (Å²) in [5.74, 6) is 0.564. The summed E-state index contributed by atoms with van der Waals surface area (Å²) in [5.41, 5.74) is 5.94. The van der Waals surface area contributed by atoms with E-state index in [0.717, 1.165) is 49.9 Å². The maximum Gasteiger partial charge on any atom is 0.247 e. The van der Waals surface area contributed by atoms with E-state index < -0.39 is 0 Å². The molecule has 35 heavy (non-hydrogen) atoms. The highest BCUT2D eigenvalue weighted by Gasteiger charge is 2.32. The van der Waals surface area contributed by atoms with Crippen LogP contribution in [0.25, 0.3) is 22.2 Å². The third-order valence-corrected chi connectivity index (χ3v) is 6.88. The Morgan fingerprint density at radius 2 is 1.51 bits per heavy atom. The number of rotatable bonds is 4. The fourth-order valence-electron chi connectivity index (χ4n) is 4.48. The van der Waals surface area contributed by atoms with Crippen LogP contribution >= 0.6 is 27.5 Å². The van der Waals surface area contributed by atoms with Gasteiger partial charge < -0.3 is 0 Å². The molecule has 5 aromatic rings. The number of anilines is 1. The molecular weight excluding hydrogens is 520 g/mol. The molecule has 0 fully saturated rings. The molecule has 2 heterocycles. The van der Waals surface area contributed by atoms with E-state index in [9.17, 15) is 0 Å². The van der Waals surface area contributed by atoms with E-state index in [1.54, 1.807) is 0 Å². The Labute approximate surface area is 217 Å². The Kier molecular flexibility index (Phi) is 5.80. The maximum atomic E-state index is 6.36. The molecule has 4 aromatic carbocycles. The molecule has 1 atom stereocenters. The van der Waals surface area contributed by atoms with E-state index in [2.05, 4.69) is 58.4 Å². The molecule has 6 heteroatoms. The van der Waals surface area contributed by atoms with E-state index >= 15 is 0 Å². The molecular formula is C29H20BrClN4. The molecule has 0 N–H and O–H groups in total. The molecule has 0 radical (unpaired) electrons. The SMILES string of the molecule is Clc1ccc2nc(N3N=C(c4ccccc4)C[C@@H]3c3cccc(Br)c3)nc(-c3ccccc3)c2c1. The molecule has 1 aromatic heterocycles. The monoisotopic (exact) mass is 538 g/mol. The highest BCUT2D eigenvalue weighted by molar-refractivity contribution is 9.10. The molecule has 6 rings (SSSR count). The molecule has 0 aliphatic carbocycles. The molecule has 4 nitrogen and oxygen atoms in total. The molecule has 0 amide bonds. The van der Waals surface area contributed by atoms with Crippen LogP contribution in [0, 0.1) is 0 Å². The Bertz CT molecular complexity index is 1550. The number of halogens is 2.